The van der Waals surface area contributed by atoms with Gasteiger partial charge in [0.2, 0.25) is 0 Å². The molecule has 22 heavy (non-hydrogen) atoms. The first kappa shape index (κ1) is 16.3. The van der Waals surface area contributed by atoms with E-state index < -0.39 is 27.5 Å². The summed E-state index contributed by atoms with van der Waals surface area (Å²) in [5.74, 6) is 0. The molecule has 0 atom stereocenters. The number of rotatable bonds is 4. The van der Waals surface area contributed by atoms with Crippen molar-refractivity contribution in [2.75, 3.05) is 4.72 Å². The number of nitrogens with zero attached hydrogens (tertiary/aromatic N) is 2. The number of hydrogen-bond acceptors (Lipinski definition) is 3. The number of para-hydroxylation sites is 1. The largest absolute Gasteiger partial charge is 0.418 e. The van der Waals surface area contributed by atoms with Crippen LogP contribution in [0.3, 0.4) is 0 Å². The van der Waals surface area contributed by atoms with Gasteiger partial charge in [-0.25, -0.2) is 8.42 Å². The molecule has 0 unspecified atom stereocenters. The standard InChI is InChI=1S/C13H14F3N3O2S/c1-3-19-8-12(9(2)17-19)22(20,21)18-11-7-5-4-6-10(11)13(14,15)16/h4-8,18H,3H2,1-2H3. The van der Waals surface area contributed by atoms with Gasteiger partial charge in [-0.2, -0.15) is 18.3 Å². The topological polar surface area (TPSA) is 64.0 Å². The van der Waals surface area contributed by atoms with Crippen LogP contribution >= 0.6 is 0 Å². The van der Waals surface area contributed by atoms with Gasteiger partial charge in [0.1, 0.15) is 4.90 Å². The van der Waals surface area contributed by atoms with E-state index in [4.69, 9.17) is 0 Å². The van der Waals surface area contributed by atoms with Crippen LogP contribution in [0.2, 0.25) is 0 Å². The first-order chi connectivity index (χ1) is 10.1. The summed E-state index contributed by atoms with van der Waals surface area (Å²) in [7, 11) is -4.15. The van der Waals surface area contributed by atoms with E-state index in [-0.39, 0.29) is 10.6 Å². The lowest BCUT2D eigenvalue weighted by atomic mass is 10.2. The Bertz CT molecular complexity index is 782. The Morgan fingerprint density at radius 2 is 1.91 bits per heavy atom. The van der Waals surface area contributed by atoms with Gasteiger partial charge in [-0.05, 0) is 26.0 Å². The highest BCUT2D eigenvalue weighted by Gasteiger charge is 2.34. The van der Waals surface area contributed by atoms with E-state index in [1.54, 1.807) is 6.92 Å². The Labute approximate surface area is 125 Å². The summed E-state index contributed by atoms with van der Waals surface area (Å²) >= 11 is 0. The van der Waals surface area contributed by atoms with Crippen LogP contribution < -0.4 is 4.72 Å². The molecular formula is C13H14F3N3O2S. The third-order valence-electron chi connectivity index (χ3n) is 2.99. The molecule has 0 fully saturated rings. The summed E-state index contributed by atoms with van der Waals surface area (Å²) in [5, 5.41) is 3.98. The molecule has 1 heterocycles. The van der Waals surface area contributed by atoms with Crippen molar-refractivity contribution in [3.63, 3.8) is 0 Å². The second kappa shape index (κ2) is 5.64. The zero-order valence-electron chi connectivity index (χ0n) is 11.8. The van der Waals surface area contributed by atoms with Gasteiger partial charge in [0.25, 0.3) is 10.0 Å². The number of hydrogen-bond donors (Lipinski definition) is 1. The van der Waals surface area contributed by atoms with Gasteiger partial charge in [-0.1, -0.05) is 12.1 Å². The van der Waals surface area contributed by atoms with Crippen molar-refractivity contribution >= 4 is 15.7 Å². The molecule has 0 aliphatic carbocycles. The van der Waals surface area contributed by atoms with E-state index in [0.29, 0.717) is 6.54 Å². The number of anilines is 1. The van der Waals surface area contributed by atoms with Crippen LogP contribution in [0.4, 0.5) is 18.9 Å². The van der Waals surface area contributed by atoms with Crippen LogP contribution in [0.5, 0.6) is 0 Å². The maximum absolute atomic E-state index is 12.9. The number of sulfonamides is 1. The highest BCUT2D eigenvalue weighted by molar-refractivity contribution is 7.92. The lowest BCUT2D eigenvalue weighted by Gasteiger charge is -2.14. The van der Waals surface area contributed by atoms with E-state index in [1.807, 2.05) is 4.72 Å². The molecule has 2 aromatic rings. The Morgan fingerprint density at radius 1 is 1.27 bits per heavy atom. The molecule has 5 nitrogen and oxygen atoms in total. The maximum atomic E-state index is 12.9. The summed E-state index contributed by atoms with van der Waals surface area (Å²) in [5.41, 5.74) is -1.34. The molecule has 9 heteroatoms. The molecule has 1 N–H and O–H groups in total. The molecule has 0 spiro atoms. The van der Waals surface area contributed by atoms with E-state index in [1.165, 1.54) is 29.9 Å². The number of benzene rings is 1. The number of nitrogens with one attached hydrogen (secondary N) is 1. The zero-order valence-corrected chi connectivity index (χ0v) is 12.7. The SMILES string of the molecule is CCn1cc(S(=O)(=O)Nc2ccccc2C(F)(F)F)c(C)n1. The fourth-order valence-electron chi connectivity index (χ4n) is 1.94. The van der Waals surface area contributed by atoms with Crippen molar-refractivity contribution < 1.29 is 21.6 Å². The first-order valence-corrected chi connectivity index (χ1v) is 7.86. The maximum Gasteiger partial charge on any atom is 0.418 e. The van der Waals surface area contributed by atoms with Crippen LogP contribution in [0.15, 0.2) is 35.4 Å². The number of aryl methyl sites for hydroxylation is 2. The minimum atomic E-state index is -4.65. The molecule has 0 saturated carbocycles. The minimum Gasteiger partial charge on any atom is -0.279 e. The molecule has 1 aromatic carbocycles. The number of aromatic nitrogens is 2. The Balaban J connectivity index is 2.44. The molecule has 2 rings (SSSR count). The van der Waals surface area contributed by atoms with Crippen LogP contribution in [0, 0.1) is 6.92 Å². The molecule has 120 valence electrons. The Morgan fingerprint density at radius 3 is 2.45 bits per heavy atom. The number of alkyl halides is 3. The molecule has 1 aromatic heterocycles. The predicted octanol–water partition coefficient (Wildman–Crippen LogP) is 3.03. The second-order valence-electron chi connectivity index (χ2n) is 4.58. The van der Waals surface area contributed by atoms with Crippen molar-refractivity contribution in [2.45, 2.75) is 31.5 Å². The third kappa shape index (κ3) is 3.24. The average molecular weight is 333 g/mol. The van der Waals surface area contributed by atoms with Gasteiger partial charge in [0.15, 0.2) is 0 Å². The fraction of sp³-hybridized carbons (Fsp3) is 0.308. The molecule has 0 radical (unpaired) electrons. The van der Waals surface area contributed by atoms with Crippen molar-refractivity contribution in [1.29, 1.82) is 0 Å². The van der Waals surface area contributed by atoms with Gasteiger partial charge in [-0.3, -0.25) is 9.40 Å². The van der Waals surface area contributed by atoms with E-state index in [2.05, 4.69) is 5.10 Å². The van der Waals surface area contributed by atoms with Crippen LogP contribution in [-0.4, -0.2) is 18.2 Å². The fourth-order valence-corrected chi connectivity index (χ4v) is 3.21. The molecule has 0 aliphatic heterocycles. The van der Waals surface area contributed by atoms with E-state index in [0.717, 1.165) is 12.1 Å². The second-order valence-corrected chi connectivity index (χ2v) is 6.23. The van der Waals surface area contributed by atoms with Crippen LogP contribution in [0.25, 0.3) is 0 Å². The monoisotopic (exact) mass is 333 g/mol. The zero-order chi connectivity index (χ0) is 16.5. The highest BCUT2D eigenvalue weighted by atomic mass is 32.2. The van der Waals surface area contributed by atoms with Gasteiger partial charge >= 0.3 is 6.18 Å². The molecule has 0 aliphatic rings. The van der Waals surface area contributed by atoms with Crippen molar-refractivity contribution in [1.82, 2.24) is 9.78 Å². The van der Waals surface area contributed by atoms with Crippen LogP contribution in [0.1, 0.15) is 18.2 Å². The van der Waals surface area contributed by atoms with E-state index in [9.17, 15) is 21.6 Å². The highest BCUT2D eigenvalue weighted by Crippen LogP contribution is 2.35. The summed E-state index contributed by atoms with van der Waals surface area (Å²) in [6.07, 6.45) is -3.37. The Hall–Kier alpha value is -2.03. The molecule has 0 saturated heterocycles. The smallest absolute Gasteiger partial charge is 0.279 e. The average Bonchev–Trinajstić information content (AvgIpc) is 2.80. The van der Waals surface area contributed by atoms with Gasteiger partial charge in [-0.15, -0.1) is 0 Å². The summed E-state index contributed by atoms with van der Waals surface area (Å²) < 4.78 is 66.7. The lowest BCUT2D eigenvalue weighted by Crippen LogP contribution is -2.17. The van der Waals surface area contributed by atoms with Crippen molar-refractivity contribution in [3.05, 3.63) is 41.7 Å². The summed E-state index contributed by atoms with van der Waals surface area (Å²) in [6.45, 7) is 3.71. The third-order valence-corrected chi connectivity index (χ3v) is 4.46. The van der Waals surface area contributed by atoms with Gasteiger partial charge in [0.05, 0.1) is 16.9 Å². The van der Waals surface area contributed by atoms with Gasteiger partial charge < -0.3 is 0 Å². The summed E-state index contributed by atoms with van der Waals surface area (Å²) in [4.78, 5) is -0.147. The Kier molecular flexibility index (Phi) is 4.19. The summed E-state index contributed by atoms with van der Waals surface area (Å²) in [6, 6.07) is 4.41. The molecular weight excluding hydrogens is 319 g/mol. The number of halogens is 3. The van der Waals surface area contributed by atoms with Crippen LogP contribution in [-0.2, 0) is 22.7 Å². The molecule has 0 amide bonds. The minimum absolute atomic E-state index is 0.147. The van der Waals surface area contributed by atoms with E-state index >= 15 is 0 Å². The quantitative estimate of drug-likeness (QED) is 0.935. The normalized spacial score (nSPS) is 12.4. The van der Waals surface area contributed by atoms with Crippen molar-refractivity contribution in [3.8, 4) is 0 Å². The first-order valence-electron chi connectivity index (χ1n) is 6.38. The van der Waals surface area contributed by atoms with Crippen molar-refractivity contribution in [2.24, 2.45) is 0 Å². The van der Waals surface area contributed by atoms with Gasteiger partial charge in [0, 0.05) is 12.7 Å². The lowest BCUT2D eigenvalue weighted by molar-refractivity contribution is -0.136. The predicted molar refractivity (Wildman–Crippen MR) is 74.9 cm³/mol. The molecule has 0 bridgehead atoms.